The van der Waals surface area contributed by atoms with Crippen molar-refractivity contribution in [2.75, 3.05) is 6.54 Å². The molecular formula is C10H9Br2NO2. The summed E-state index contributed by atoms with van der Waals surface area (Å²) in [4.78, 5) is 22.3. The van der Waals surface area contributed by atoms with Gasteiger partial charge < -0.3 is 5.32 Å². The topological polar surface area (TPSA) is 46.2 Å². The largest absolute Gasteiger partial charge is 0.345 e. The van der Waals surface area contributed by atoms with Gasteiger partial charge in [0, 0.05) is 8.95 Å². The Kier molecular flexibility index (Phi) is 4.47. The van der Waals surface area contributed by atoms with Gasteiger partial charge in [0.15, 0.2) is 0 Å². The number of halogens is 2. The van der Waals surface area contributed by atoms with Crippen LogP contribution in [0.25, 0.3) is 0 Å². The number of rotatable bonds is 3. The SMILES string of the molecule is CC(=O)CNC(=O)c1cc(Br)ccc1Br. The van der Waals surface area contributed by atoms with Gasteiger partial charge in [-0.3, -0.25) is 9.59 Å². The van der Waals surface area contributed by atoms with Crippen LogP contribution >= 0.6 is 31.9 Å². The van der Waals surface area contributed by atoms with Crippen molar-refractivity contribution in [3.63, 3.8) is 0 Å². The van der Waals surface area contributed by atoms with Crippen LogP contribution in [0, 0.1) is 0 Å². The molecule has 0 aliphatic carbocycles. The van der Waals surface area contributed by atoms with Gasteiger partial charge in [-0.2, -0.15) is 0 Å². The monoisotopic (exact) mass is 333 g/mol. The molecule has 0 radical (unpaired) electrons. The van der Waals surface area contributed by atoms with Gasteiger partial charge in [0.05, 0.1) is 12.1 Å². The lowest BCUT2D eigenvalue weighted by Gasteiger charge is -2.05. The van der Waals surface area contributed by atoms with Gasteiger partial charge in [0.25, 0.3) is 5.91 Å². The summed E-state index contributed by atoms with van der Waals surface area (Å²) in [5, 5.41) is 2.53. The fraction of sp³-hybridized carbons (Fsp3) is 0.200. The van der Waals surface area contributed by atoms with Crippen LogP contribution in [0.2, 0.25) is 0 Å². The minimum Gasteiger partial charge on any atom is -0.345 e. The molecule has 0 unspecified atom stereocenters. The zero-order valence-corrected chi connectivity index (χ0v) is 11.2. The quantitative estimate of drug-likeness (QED) is 0.923. The number of amides is 1. The predicted molar refractivity (Wildman–Crippen MR) is 64.9 cm³/mol. The fourth-order valence-corrected chi connectivity index (χ4v) is 1.76. The zero-order valence-electron chi connectivity index (χ0n) is 8.01. The Bertz CT molecular complexity index is 404. The van der Waals surface area contributed by atoms with Crippen LogP contribution in [0.15, 0.2) is 27.1 Å². The summed E-state index contributed by atoms with van der Waals surface area (Å²) in [5.41, 5.74) is 0.505. The Morgan fingerprint density at radius 2 is 2.00 bits per heavy atom. The Hall–Kier alpha value is -0.680. The molecule has 0 aliphatic heterocycles. The van der Waals surface area contributed by atoms with Crippen LogP contribution in [0.4, 0.5) is 0 Å². The van der Waals surface area contributed by atoms with Crippen molar-refractivity contribution >= 4 is 43.6 Å². The van der Waals surface area contributed by atoms with Crippen LogP contribution < -0.4 is 5.32 Å². The number of hydrogen-bond acceptors (Lipinski definition) is 2. The third-order valence-electron chi connectivity index (χ3n) is 1.67. The van der Waals surface area contributed by atoms with E-state index in [2.05, 4.69) is 37.2 Å². The maximum Gasteiger partial charge on any atom is 0.252 e. The number of carbonyl (C=O) groups is 2. The van der Waals surface area contributed by atoms with Crippen LogP contribution in [0.1, 0.15) is 17.3 Å². The summed E-state index contributed by atoms with van der Waals surface area (Å²) in [6, 6.07) is 5.29. The van der Waals surface area contributed by atoms with E-state index >= 15 is 0 Å². The van der Waals surface area contributed by atoms with E-state index in [4.69, 9.17) is 0 Å². The first-order chi connectivity index (χ1) is 7.00. The molecule has 0 bridgehead atoms. The van der Waals surface area contributed by atoms with E-state index in [1.54, 1.807) is 12.1 Å². The maximum absolute atomic E-state index is 11.6. The molecule has 0 saturated heterocycles. The average Bonchev–Trinajstić information content (AvgIpc) is 2.18. The molecule has 0 spiro atoms. The smallest absolute Gasteiger partial charge is 0.252 e. The second-order valence-corrected chi connectivity index (χ2v) is 4.78. The molecule has 0 aromatic heterocycles. The number of carbonyl (C=O) groups excluding carboxylic acids is 2. The number of benzene rings is 1. The molecule has 15 heavy (non-hydrogen) atoms. The summed E-state index contributed by atoms with van der Waals surface area (Å²) >= 11 is 6.55. The molecule has 1 rings (SSSR count). The van der Waals surface area contributed by atoms with Gasteiger partial charge in [-0.15, -0.1) is 0 Å². The van der Waals surface area contributed by atoms with Crippen molar-refractivity contribution in [2.45, 2.75) is 6.92 Å². The first-order valence-electron chi connectivity index (χ1n) is 4.23. The van der Waals surface area contributed by atoms with Crippen molar-refractivity contribution in [2.24, 2.45) is 0 Å². The summed E-state index contributed by atoms with van der Waals surface area (Å²) in [6.07, 6.45) is 0. The highest BCUT2D eigenvalue weighted by molar-refractivity contribution is 9.11. The van der Waals surface area contributed by atoms with Crippen molar-refractivity contribution in [1.29, 1.82) is 0 Å². The van der Waals surface area contributed by atoms with E-state index in [-0.39, 0.29) is 18.2 Å². The Balaban J connectivity index is 2.81. The van der Waals surface area contributed by atoms with Crippen LogP contribution in [-0.2, 0) is 4.79 Å². The van der Waals surface area contributed by atoms with Gasteiger partial charge in [-0.1, -0.05) is 15.9 Å². The van der Waals surface area contributed by atoms with E-state index < -0.39 is 0 Å². The van der Waals surface area contributed by atoms with Gasteiger partial charge in [-0.25, -0.2) is 0 Å². The summed E-state index contributed by atoms with van der Waals surface area (Å²) in [6.45, 7) is 1.48. The molecule has 0 atom stereocenters. The minimum atomic E-state index is -0.265. The number of ketones is 1. The molecule has 1 aromatic carbocycles. The third kappa shape index (κ3) is 3.76. The molecule has 0 heterocycles. The van der Waals surface area contributed by atoms with Crippen LogP contribution in [0.5, 0.6) is 0 Å². The molecule has 1 N–H and O–H groups in total. The van der Waals surface area contributed by atoms with E-state index in [9.17, 15) is 9.59 Å². The number of nitrogens with one attached hydrogen (secondary N) is 1. The van der Waals surface area contributed by atoms with Crippen molar-refractivity contribution < 1.29 is 9.59 Å². The molecule has 1 amide bonds. The van der Waals surface area contributed by atoms with Gasteiger partial charge in [0.1, 0.15) is 5.78 Å². The van der Waals surface area contributed by atoms with Crippen molar-refractivity contribution in [3.8, 4) is 0 Å². The molecule has 0 aliphatic rings. The van der Waals surface area contributed by atoms with Gasteiger partial charge in [-0.05, 0) is 41.1 Å². The highest BCUT2D eigenvalue weighted by Crippen LogP contribution is 2.21. The fourth-order valence-electron chi connectivity index (χ4n) is 0.971. The van der Waals surface area contributed by atoms with E-state index in [1.807, 2.05) is 6.07 Å². The molecule has 0 fully saturated rings. The van der Waals surface area contributed by atoms with Crippen molar-refractivity contribution in [3.05, 3.63) is 32.7 Å². The zero-order chi connectivity index (χ0) is 11.4. The maximum atomic E-state index is 11.6. The predicted octanol–water partition coefficient (Wildman–Crippen LogP) is 2.53. The molecule has 0 saturated carbocycles. The Labute approximate surface area is 104 Å². The summed E-state index contributed by atoms with van der Waals surface area (Å²) < 4.78 is 1.52. The standard InChI is InChI=1S/C10H9Br2NO2/c1-6(14)5-13-10(15)8-4-7(11)2-3-9(8)12/h2-4H,5H2,1H3,(H,13,15). The lowest BCUT2D eigenvalue weighted by molar-refractivity contribution is -0.116. The van der Waals surface area contributed by atoms with Crippen LogP contribution in [0.3, 0.4) is 0 Å². The second kappa shape index (κ2) is 5.42. The van der Waals surface area contributed by atoms with Crippen LogP contribution in [-0.4, -0.2) is 18.2 Å². The van der Waals surface area contributed by atoms with E-state index in [1.165, 1.54) is 6.92 Å². The first kappa shape index (κ1) is 12.4. The number of Topliss-reactive ketones (excluding diaryl/α,β-unsaturated/α-hetero) is 1. The highest BCUT2D eigenvalue weighted by atomic mass is 79.9. The van der Waals surface area contributed by atoms with Gasteiger partial charge >= 0.3 is 0 Å². The lowest BCUT2D eigenvalue weighted by atomic mass is 10.2. The van der Waals surface area contributed by atoms with Gasteiger partial charge in [0.2, 0.25) is 0 Å². The highest BCUT2D eigenvalue weighted by Gasteiger charge is 2.10. The molecular weight excluding hydrogens is 326 g/mol. The minimum absolute atomic E-state index is 0.0534. The molecule has 1 aromatic rings. The van der Waals surface area contributed by atoms with E-state index in [0.717, 1.165) is 4.47 Å². The molecule has 3 nitrogen and oxygen atoms in total. The summed E-state index contributed by atoms with van der Waals surface area (Å²) in [5.74, 6) is -0.340. The Morgan fingerprint density at radius 3 is 2.60 bits per heavy atom. The molecule has 80 valence electrons. The third-order valence-corrected chi connectivity index (χ3v) is 2.86. The average molecular weight is 335 g/mol. The Morgan fingerprint density at radius 1 is 1.33 bits per heavy atom. The summed E-state index contributed by atoms with van der Waals surface area (Å²) in [7, 11) is 0. The lowest BCUT2D eigenvalue weighted by Crippen LogP contribution is -2.28. The van der Waals surface area contributed by atoms with Crippen molar-refractivity contribution in [1.82, 2.24) is 5.32 Å². The molecule has 5 heteroatoms. The number of hydrogen-bond donors (Lipinski definition) is 1. The first-order valence-corrected chi connectivity index (χ1v) is 5.82. The van der Waals surface area contributed by atoms with E-state index in [0.29, 0.717) is 10.0 Å². The second-order valence-electron chi connectivity index (χ2n) is 3.01. The normalized spacial score (nSPS) is 9.80.